The van der Waals surface area contributed by atoms with Crippen LogP contribution in [0.15, 0.2) is 153 Å². The van der Waals surface area contributed by atoms with Crippen LogP contribution in [-0.4, -0.2) is 190 Å². The van der Waals surface area contributed by atoms with E-state index >= 15 is 0 Å². The van der Waals surface area contributed by atoms with Gasteiger partial charge in [0, 0.05) is 230 Å². The molecule has 0 spiro atoms. The number of para-hydroxylation sites is 1. The van der Waals surface area contributed by atoms with E-state index in [4.69, 9.17) is 9.15 Å². The molecule has 23 heteroatoms. The highest BCUT2D eigenvalue weighted by molar-refractivity contribution is 6.07. The molecule has 9 aromatic rings. The Labute approximate surface area is 816 Å². The minimum Gasteiger partial charge on any atom is -0.443 e. The number of fused-ring (bicyclic) bond motifs is 10. The van der Waals surface area contributed by atoms with Gasteiger partial charge in [-0.3, -0.25) is 39.4 Å². The van der Waals surface area contributed by atoms with Crippen LogP contribution in [0.2, 0.25) is 0 Å². The topological polar surface area (TPSA) is 258 Å². The van der Waals surface area contributed by atoms with Crippen molar-refractivity contribution in [1.29, 1.82) is 0 Å². The number of benzene rings is 2. The lowest BCUT2D eigenvalue weighted by Crippen LogP contribution is -2.54. The summed E-state index contributed by atoms with van der Waals surface area (Å²) in [5.41, 5.74) is 26.5. The molecule has 16 heterocycles. The Balaban J connectivity index is 0.000000145. The van der Waals surface area contributed by atoms with E-state index in [9.17, 15) is 9.59 Å². The molecule has 11 aliphatic rings. The fourth-order valence-electron chi connectivity index (χ4n) is 19.4. The van der Waals surface area contributed by atoms with Crippen LogP contribution in [0, 0.1) is 28.1 Å². The molecule has 2 fully saturated rings. The summed E-state index contributed by atoms with van der Waals surface area (Å²) in [4.78, 5) is 69.0. The average Bonchev–Trinajstić information content (AvgIpc) is 1.62. The molecule has 2 saturated heterocycles. The van der Waals surface area contributed by atoms with Crippen LogP contribution >= 0.6 is 0 Å². The molecule has 23 nitrogen and oxygen atoms in total. The molecule has 0 bridgehead atoms. The molecule has 2 aromatic carbocycles. The first-order valence-electron chi connectivity index (χ1n) is 50.8. The van der Waals surface area contributed by atoms with Gasteiger partial charge in [-0.25, -0.2) is 19.6 Å². The first-order chi connectivity index (χ1) is 63.4. The van der Waals surface area contributed by atoms with E-state index in [1.165, 1.54) is 140 Å². The van der Waals surface area contributed by atoms with Gasteiger partial charge in [0.05, 0.1) is 48.0 Å². The van der Waals surface area contributed by atoms with Gasteiger partial charge in [-0.2, -0.15) is 10.2 Å². The van der Waals surface area contributed by atoms with Gasteiger partial charge in [-0.1, -0.05) is 126 Å². The quantitative estimate of drug-likeness (QED) is 0.0761. The molecule has 9 aliphatic heterocycles. The number of carbonyl (C=O) groups excluding carboxylic acids is 1. The number of rotatable bonds is 1. The van der Waals surface area contributed by atoms with E-state index < -0.39 is 0 Å². The number of likely N-dealkylation sites (tertiary alicyclic amines) is 1. The van der Waals surface area contributed by atoms with Crippen molar-refractivity contribution < 1.29 is 13.9 Å². The summed E-state index contributed by atoms with van der Waals surface area (Å²) < 4.78 is 10.3. The van der Waals surface area contributed by atoms with E-state index in [1.54, 1.807) is 11.9 Å². The Morgan fingerprint density at radius 3 is 1.62 bits per heavy atom. The maximum atomic E-state index is 11.0. The Kier molecular flexibility index (Phi) is 35.1. The predicted molar refractivity (Wildman–Crippen MR) is 564 cm³/mol. The third-order valence-corrected chi connectivity index (χ3v) is 28.7. The Morgan fingerprint density at radius 1 is 0.456 bits per heavy atom. The molecule has 746 valence electrons. The van der Waals surface area contributed by atoms with Crippen LogP contribution in [-0.2, 0) is 87.7 Å². The summed E-state index contributed by atoms with van der Waals surface area (Å²) in [5, 5.41) is 16.7. The SMILES string of the molecule is C=C1C=CC2=C(CCN(C(C)(C)C)C2)N1.CC(C)(C)C1CCc2[nH]ccc2C1.CC(C)(C)C1CCc2nc[nH]c2C1.CC(C)(C)CC1=NN=CC1.CC(C)(C)N1CCC2NC(=O)OC2C1.CC(C)(C)N1CCc2[nH]c(=O)oc2C1.CC(C)(C)N1CCc2[nH]ccc2C1.CC(C)(C)N1CCc2nc[nH]c2C1.CC(C)(C)N1CCc2ncccc2C1.CC(C)(C)c1ccc2[nH]c3ccccc3c2c1. The number of allylic oxidation sites excluding steroid dienone is 1. The molecule has 0 radical (unpaired) electrons. The van der Waals surface area contributed by atoms with E-state index in [0.717, 1.165) is 152 Å². The zero-order valence-corrected chi connectivity index (χ0v) is 89.4. The number of ether oxygens (including phenoxy) is 1. The van der Waals surface area contributed by atoms with Crippen LogP contribution in [0.4, 0.5) is 4.79 Å². The number of pyridine rings is 1. The fourth-order valence-corrected chi connectivity index (χ4v) is 19.4. The summed E-state index contributed by atoms with van der Waals surface area (Å²) in [6.45, 7) is 84.1. The van der Waals surface area contributed by atoms with E-state index in [-0.39, 0.29) is 57.1 Å². The smallest absolute Gasteiger partial charge is 0.416 e. The van der Waals surface area contributed by atoms with Crippen LogP contribution in [0.1, 0.15) is 320 Å². The molecule has 0 saturated carbocycles. The molecular formula is C113H175N19O4. The lowest BCUT2D eigenvalue weighted by Gasteiger charge is -2.41. The number of H-pyrrole nitrogens is 6. The minimum absolute atomic E-state index is 0.0514. The number of amides is 1. The number of alkyl carbamates (subject to hydrolysis) is 1. The highest BCUT2D eigenvalue weighted by atomic mass is 16.6. The number of piperidine rings is 1. The Bertz CT molecular complexity index is 5310. The molecule has 4 unspecified atom stereocenters. The van der Waals surface area contributed by atoms with Crippen molar-refractivity contribution >= 4 is 39.8 Å². The standard InChI is InChI=1S/C16H17N.C13H20N2.C12H18N2.C12H19N.2C11H18N2.C10H17N3.C10H18N2O2.C10H16N2O2.C8H14N2/c1-16(2,3)11-8-9-15-13(10-11)12-6-4-5-7-14(12)17-15;1-10-5-6-11-9-15(13(2,3)4)8-7-12(11)14-10;1-12(2,3)14-8-6-11-10(9-14)5-4-7-13-11;1-12(2,3)10-4-5-11-9(8-10)6-7-13-11;1-11(2,3)13-7-5-10-9(8-13)4-6-12-10;1-11(2,3)8-4-5-9-10(6-8)13-7-12-9;1-10(2,3)13-5-4-8-9(6-13)12-7-11-8;2*1-10(2,3)12-5-4-7-8(6-12)14-9(13)11-7;1-8(2,3)6-7-4-5-9-10-7/h4-10,17H,1-3H3;5-6,14H,1,7-9H2,2-4H3;4-5,7H,6,8-9H2,1-3H3;6-7,10,13H,4-5,8H2,1-3H3;4,6,12H,5,7-8H2,1-3H3;7-8H,4-6H2,1-3H3,(H,12,13);7H,4-6H2,1-3H3,(H,11,12);7-8H,4-6H2,1-3H3,(H,11,13);4-6H2,1-3H3,(H,11,13);5H,4,6H2,1-3H3. The monoisotopic (exact) mass is 1860 g/mol. The maximum absolute atomic E-state index is 11.0. The van der Waals surface area contributed by atoms with Crippen molar-refractivity contribution in [2.24, 2.45) is 38.3 Å². The van der Waals surface area contributed by atoms with Gasteiger partial charge in [-0.05, 0) is 280 Å². The van der Waals surface area contributed by atoms with Crippen molar-refractivity contribution in [2.45, 2.75) is 375 Å². The number of nitrogens with zero attached hydrogens (tertiary/aromatic N) is 11. The molecule has 2 aliphatic carbocycles. The van der Waals surface area contributed by atoms with Crippen molar-refractivity contribution in [3.05, 3.63) is 218 Å². The van der Waals surface area contributed by atoms with Gasteiger partial charge in [0.15, 0.2) is 0 Å². The number of carbonyl (C=O) groups is 1. The minimum atomic E-state index is -0.328. The van der Waals surface area contributed by atoms with Gasteiger partial charge in [0.1, 0.15) is 11.9 Å². The van der Waals surface area contributed by atoms with Crippen molar-refractivity contribution in [2.75, 3.05) is 52.4 Å². The predicted octanol–water partition coefficient (Wildman–Crippen LogP) is 23.1. The summed E-state index contributed by atoms with van der Waals surface area (Å²) in [5.74, 6) is 2.14. The molecule has 7 aromatic heterocycles. The van der Waals surface area contributed by atoms with Crippen LogP contribution in [0.3, 0.4) is 0 Å². The summed E-state index contributed by atoms with van der Waals surface area (Å²) in [6.07, 6.45) is 31.4. The molecular weight excluding hydrogens is 1690 g/mol. The number of dihydropyridines is 1. The van der Waals surface area contributed by atoms with Gasteiger partial charge in [0.2, 0.25) is 0 Å². The largest absolute Gasteiger partial charge is 0.443 e. The second-order valence-corrected chi connectivity index (χ2v) is 49.6. The number of hydrogen-bond acceptors (Lipinski definition) is 16. The lowest BCUT2D eigenvalue weighted by atomic mass is 9.72. The molecule has 20 rings (SSSR count). The molecule has 8 N–H and O–H groups in total. The second-order valence-electron chi connectivity index (χ2n) is 49.6. The second kappa shape index (κ2) is 44.5. The first kappa shape index (κ1) is 107. The van der Waals surface area contributed by atoms with Gasteiger partial charge in [0.25, 0.3) is 0 Å². The van der Waals surface area contributed by atoms with E-state index in [1.807, 2.05) is 24.8 Å². The van der Waals surface area contributed by atoms with Crippen molar-refractivity contribution in [3.63, 3.8) is 0 Å². The molecule has 136 heavy (non-hydrogen) atoms. The zero-order valence-electron chi connectivity index (χ0n) is 89.4. The van der Waals surface area contributed by atoms with Gasteiger partial charge >= 0.3 is 11.8 Å². The summed E-state index contributed by atoms with van der Waals surface area (Å²) >= 11 is 0. The van der Waals surface area contributed by atoms with Gasteiger partial charge < -0.3 is 44.7 Å². The highest BCUT2D eigenvalue weighted by Gasteiger charge is 2.42. The number of nitrogens with one attached hydrogen (secondary N) is 8. The van der Waals surface area contributed by atoms with Gasteiger partial charge in [-0.15, -0.1) is 0 Å². The average molecular weight is 1860 g/mol. The summed E-state index contributed by atoms with van der Waals surface area (Å²) in [6, 6.07) is 24.1. The number of aryl methyl sites for hydroxylation is 2. The lowest BCUT2D eigenvalue weighted by molar-refractivity contribution is 0.0255. The van der Waals surface area contributed by atoms with Crippen molar-refractivity contribution in [1.82, 2.24) is 84.9 Å². The maximum Gasteiger partial charge on any atom is 0.416 e. The van der Waals surface area contributed by atoms with E-state index in [0.29, 0.717) is 21.8 Å². The highest BCUT2D eigenvalue weighted by Crippen LogP contribution is 2.40. The van der Waals surface area contributed by atoms with Crippen LogP contribution < -0.4 is 16.4 Å². The zero-order chi connectivity index (χ0) is 99.5. The number of aromatic amines is 6. The normalized spacial score (nSPS) is 20.5. The number of aromatic nitrogens is 9. The fraction of sp³-hybridized carbons (Fsp3) is 0.619. The van der Waals surface area contributed by atoms with Crippen molar-refractivity contribution in [3.8, 4) is 0 Å². The number of imidazole rings is 2. The number of oxazole rings is 1. The first-order valence-corrected chi connectivity index (χ1v) is 50.8. The third kappa shape index (κ3) is 30.9. The van der Waals surface area contributed by atoms with Crippen LogP contribution in [0.5, 0.6) is 0 Å². The molecule has 4 atom stereocenters. The summed E-state index contributed by atoms with van der Waals surface area (Å²) in [7, 11) is 0. The van der Waals surface area contributed by atoms with E-state index in [2.05, 4.69) is 395 Å². The third-order valence-electron chi connectivity index (χ3n) is 28.7. The Morgan fingerprint density at radius 2 is 1.00 bits per heavy atom. The number of hydrogen-bond donors (Lipinski definition) is 8. The molecule has 1 amide bonds. The van der Waals surface area contributed by atoms with Crippen LogP contribution in [0.25, 0.3) is 21.8 Å². The Hall–Kier alpha value is -9.23.